The molecule has 0 fully saturated rings. The van der Waals surface area contributed by atoms with Crippen LogP contribution in [-0.4, -0.2) is 31.9 Å². The number of carbonyl (C=O) groups excluding carboxylic acids is 3. The topological polar surface area (TPSA) is 106 Å². The summed E-state index contributed by atoms with van der Waals surface area (Å²) in [5.41, 5.74) is 4.09. The van der Waals surface area contributed by atoms with Gasteiger partial charge in [0.25, 0.3) is 11.8 Å². The Hall–Kier alpha value is -5.80. The molecule has 1 atom stereocenters. The van der Waals surface area contributed by atoms with E-state index in [0.717, 1.165) is 21.7 Å². The lowest BCUT2D eigenvalue weighted by Gasteiger charge is -2.18. The van der Waals surface area contributed by atoms with Gasteiger partial charge in [-0.2, -0.15) is 0 Å². The third kappa shape index (κ3) is 8.71. The van der Waals surface area contributed by atoms with Crippen molar-refractivity contribution in [3.63, 3.8) is 0 Å². The van der Waals surface area contributed by atoms with Gasteiger partial charge in [-0.05, 0) is 78.7 Å². The second-order valence-corrected chi connectivity index (χ2v) is 11.9. The van der Waals surface area contributed by atoms with Crippen LogP contribution in [0.15, 0.2) is 138 Å². The summed E-state index contributed by atoms with van der Waals surface area (Å²) in [6.45, 7) is 1.98. The van der Waals surface area contributed by atoms with Crippen molar-refractivity contribution in [2.75, 3.05) is 24.9 Å². The van der Waals surface area contributed by atoms with Gasteiger partial charge in [-0.25, -0.2) is 0 Å². The van der Waals surface area contributed by atoms with Crippen molar-refractivity contribution in [1.29, 1.82) is 0 Å². The molecule has 5 rings (SSSR count). The largest absolute Gasteiger partial charge is 0.493 e. The molecule has 3 N–H and O–H groups in total. The molecule has 0 saturated heterocycles. The fourth-order valence-corrected chi connectivity index (χ4v) is 5.93. The fourth-order valence-electron chi connectivity index (χ4n) is 4.91. The zero-order chi connectivity index (χ0) is 33.9. The van der Waals surface area contributed by atoms with Crippen LogP contribution in [0, 0.1) is 6.92 Å². The molecule has 0 aliphatic carbocycles. The minimum absolute atomic E-state index is 0.00539. The van der Waals surface area contributed by atoms with E-state index in [2.05, 4.69) is 16.0 Å². The molecule has 3 amide bonds. The number of thioether (sulfide) groups is 1. The van der Waals surface area contributed by atoms with Gasteiger partial charge in [0.1, 0.15) is 10.9 Å². The highest BCUT2D eigenvalue weighted by molar-refractivity contribution is 8.00. The number of rotatable bonds is 12. The molecular formula is C39H35N3O5S. The van der Waals surface area contributed by atoms with E-state index in [1.54, 1.807) is 60.7 Å². The summed E-state index contributed by atoms with van der Waals surface area (Å²) >= 11 is 1.40. The molecule has 0 bridgehead atoms. The van der Waals surface area contributed by atoms with Crippen LogP contribution in [0.4, 0.5) is 11.4 Å². The minimum atomic E-state index is -0.538. The van der Waals surface area contributed by atoms with E-state index in [4.69, 9.17) is 9.47 Å². The van der Waals surface area contributed by atoms with Crippen molar-refractivity contribution >= 4 is 46.9 Å². The van der Waals surface area contributed by atoms with E-state index >= 15 is 0 Å². The van der Waals surface area contributed by atoms with Crippen molar-refractivity contribution in [2.24, 2.45) is 0 Å². The monoisotopic (exact) mass is 657 g/mol. The summed E-state index contributed by atoms with van der Waals surface area (Å²) in [6.07, 6.45) is 1.54. The lowest BCUT2D eigenvalue weighted by Crippen LogP contribution is -2.30. The maximum absolute atomic E-state index is 13.6. The number of hydrogen-bond donors (Lipinski definition) is 3. The highest BCUT2D eigenvalue weighted by Gasteiger charge is 2.23. The van der Waals surface area contributed by atoms with Crippen molar-refractivity contribution in [1.82, 2.24) is 5.32 Å². The van der Waals surface area contributed by atoms with E-state index in [9.17, 15) is 14.4 Å². The number of para-hydroxylation sites is 1. The predicted molar refractivity (Wildman–Crippen MR) is 191 cm³/mol. The summed E-state index contributed by atoms with van der Waals surface area (Å²) in [7, 11) is 3.03. The van der Waals surface area contributed by atoms with Crippen molar-refractivity contribution < 1.29 is 23.9 Å². The van der Waals surface area contributed by atoms with Gasteiger partial charge in [-0.1, -0.05) is 72.8 Å². The maximum atomic E-state index is 13.6. The summed E-state index contributed by atoms with van der Waals surface area (Å²) in [5, 5.41) is 8.14. The van der Waals surface area contributed by atoms with Gasteiger partial charge in [0, 0.05) is 27.4 Å². The van der Waals surface area contributed by atoms with E-state index in [1.807, 2.05) is 79.7 Å². The molecule has 0 spiro atoms. The zero-order valence-corrected chi connectivity index (χ0v) is 27.5. The Morgan fingerprint density at radius 3 is 2.06 bits per heavy atom. The third-order valence-electron chi connectivity index (χ3n) is 7.25. The van der Waals surface area contributed by atoms with Crippen LogP contribution in [0.25, 0.3) is 6.08 Å². The van der Waals surface area contributed by atoms with Crippen LogP contribution in [0.2, 0.25) is 0 Å². The van der Waals surface area contributed by atoms with Gasteiger partial charge in [0.2, 0.25) is 5.91 Å². The van der Waals surface area contributed by atoms with Crippen molar-refractivity contribution in [3.8, 4) is 11.5 Å². The highest BCUT2D eigenvalue weighted by Crippen LogP contribution is 2.37. The molecule has 5 aromatic rings. The first-order valence-electron chi connectivity index (χ1n) is 15.1. The molecule has 8 nitrogen and oxygen atoms in total. The number of methoxy groups -OCH3 is 2. The first-order chi connectivity index (χ1) is 23.3. The van der Waals surface area contributed by atoms with Crippen molar-refractivity contribution in [2.45, 2.75) is 17.1 Å². The van der Waals surface area contributed by atoms with Gasteiger partial charge in [0.05, 0.1) is 14.2 Å². The molecule has 0 aliphatic heterocycles. The van der Waals surface area contributed by atoms with Crippen LogP contribution >= 0.6 is 11.8 Å². The molecular weight excluding hydrogens is 623 g/mol. The van der Waals surface area contributed by atoms with Crippen LogP contribution in [-0.2, 0) is 9.59 Å². The van der Waals surface area contributed by atoms with Crippen LogP contribution < -0.4 is 25.4 Å². The fraction of sp³-hybridized carbons (Fsp3) is 0.103. The van der Waals surface area contributed by atoms with Crippen LogP contribution in [0.5, 0.6) is 11.5 Å². The van der Waals surface area contributed by atoms with Gasteiger partial charge in [-0.3, -0.25) is 14.4 Å². The Morgan fingerprint density at radius 2 is 1.40 bits per heavy atom. The van der Waals surface area contributed by atoms with E-state index in [-0.39, 0.29) is 11.6 Å². The number of ether oxygens (including phenoxy) is 2. The normalized spacial score (nSPS) is 11.6. The smallest absolute Gasteiger partial charge is 0.272 e. The molecule has 48 heavy (non-hydrogen) atoms. The predicted octanol–water partition coefficient (Wildman–Crippen LogP) is 7.89. The quantitative estimate of drug-likeness (QED) is 0.0931. The second kappa shape index (κ2) is 16.2. The SMILES string of the molecule is COc1cccc(/C=C(\NC(=O)c2ccccc2)C(=O)Nc2ccc(SC(C(=O)Nc3cccc(C)c3)c3ccccc3)cc2)c1OC. The molecule has 5 aromatic carbocycles. The molecule has 9 heteroatoms. The zero-order valence-electron chi connectivity index (χ0n) is 26.7. The number of benzene rings is 5. The number of aryl methyl sites for hydroxylation is 1. The summed E-state index contributed by atoms with van der Waals surface area (Å²) in [5.74, 6) is -0.230. The van der Waals surface area contributed by atoms with Gasteiger partial charge in [0.15, 0.2) is 11.5 Å². The number of nitrogens with one attached hydrogen (secondary N) is 3. The molecule has 0 aliphatic rings. The van der Waals surface area contributed by atoms with Crippen LogP contribution in [0.3, 0.4) is 0 Å². The molecule has 1 unspecified atom stereocenters. The van der Waals surface area contributed by atoms with E-state index in [1.165, 1.54) is 26.0 Å². The number of hydrogen-bond acceptors (Lipinski definition) is 6. The van der Waals surface area contributed by atoms with Gasteiger partial charge < -0.3 is 25.4 Å². The number of anilines is 2. The Morgan fingerprint density at radius 1 is 0.708 bits per heavy atom. The summed E-state index contributed by atoms with van der Waals surface area (Å²) < 4.78 is 11.0. The second-order valence-electron chi connectivity index (χ2n) is 10.7. The first kappa shape index (κ1) is 33.6. The summed E-state index contributed by atoms with van der Waals surface area (Å²) in [4.78, 5) is 41.1. The standard InChI is InChI=1S/C39H35N3O5S/c1-26-12-10-18-31(24-26)41-39(45)36(27-13-6-4-7-14-27)48-32-22-20-30(21-23-32)40-38(44)33(42-37(43)28-15-8-5-9-16-28)25-29-17-11-19-34(46-2)35(29)47-3/h4-25,36H,1-3H3,(H,40,44)(H,41,45)(H,42,43)/b33-25-. The lowest BCUT2D eigenvalue weighted by atomic mass is 10.1. The lowest BCUT2D eigenvalue weighted by molar-refractivity contribution is -0.116. The molecule has 242 valence electrons. The molecule has 0 heterocycles. The highest BCUT2D eigenvalue weighted by atomic mass is 32.2. The molecule has 0 aromatic heterocycles. The summed E-state index contributed by atoms with van der Waals surface area (Å²) in [6, 6.07) is 38.3. The van der Waals surface area contributed by atoms with Crippen LogP contribution in [0.1, 0.15) is 32.3 Å². The van der Waals surface area contributed by atoms with Gasteiger partial charge in [-0.15, -0.1) is 11.8 Å². The number of carbonyl (C=O) groups is 3. The molecule has 0 radical (unpaired) electrons. The Labute approximate surface area is 284 Å². The Bertz CT molecular complexity index is 1910. The van der Waals surface area contributed by atoms with E-state index in [0.29, 0.717) is 28.3 Å². The average molecular weight is 658 g/mol. The van der Waals surface area contributed by atoms with E-state index < -0.39 is 17.1 Å². The maximum Gasteiger partial charge on any atom is 0.272 e. The number of amides is 3. The minimum Gasteiger partial charge on any atom is -0.493 e. The molecule has 0 saturated carbocycles. The first-order valence-corrected chi connectivity index (χ1v) is 16.0. The average Bonchev–Trinajstić information content (AvgIpc) is 3.11. The third-order valence-corrected chi connectivity index (χ3v) is 8.52. The van der Waals surface area contributed by atoms with Crippen molar-refractivity contribution in [3.05, 3.63) is 155 Å². The Kier molecular flexibility index (Phi) is 11.3. The van der Waals surface area contributed by atoms with Gasteiger partial charge >= 0.3 is 0 Å². The Balaban J connectivity index is 1.36.